The summed E-state index contributed by atoms with van der Waals surface area (Å²) in [6.45, 7) is 4.30. The minimum atomic E-state index is -0.518. The van der Waals surface area contributed by atoms with Gasteiger partial charge in [-0.05, 0) is 25.8 Å². The zero-order valence-electron chi connectivity index (χ0n) is 14.0. The first-order valence-electron chi connectivity index (χ1n) is 7.27. The van der Waals surface area contributed by atoms with Crippen LogP contribution in [0.5, 0.6) is 0 Å². The molecule has 8 nitrogen and oxygen atoms in total. The number of aryl methyl sites for hydroxylation is 2. The Morgan fingerprint density at radius 2 is 1.91 bits per heavy atom. The van der Waals surface area contributed by atoms with Gasteiger partial charge in [0, 0.05) is 39.4 Å². The Balaban J connectivity index is 2.21. The van der Waals surface area contributed by atoms with E-state index in [0.29, 0.717) is 13.0 Å². The van der Waals surface area contributed by atoms with Crippen molar-refractivity contribution >= 4 is 5.91 Å². The molecule has 0 aliphatic carbocycles. The maximum atomic E-state index is 12.5. The lowest BCUT2D eigenvalue weighted by Crippen LogP contribution is -2.41. The third kappa shape index (κ3) is 3.10. The Bertz CT molecular complexity index is 839. The van der Waals surface area contributed by atoms with Crippen molar-refractivity contribution in [2.75, 3.05) is 13.6 Å². The van der Waals surface area contributed by atoms with E-state index in [4.69, 9.17) is 0 Å². The number of H-pyrrole nitrogens is 1. The normalized spacial score (nSPS) is 10.8. The molecular formula is C15H21N5O3. The number of hydrogen-bond donors (Lipinski definition) is 1. The second-order valence-corrected chi connectivity index (χ2v) is 5.66. The second-order valence-electron chi connectivity index (χ2n) is 5.66. The topological polar surface area (TPSA) is 93.0 Å². The summed E-state index contributed by atoms with van der Waals surface area (Å²) >= 11 is 0. The summed E-state index contributed by atoms with van der Waals surface area (Å²) in [6, 6.07) is 1.19. The molecule has 0 radical (unpaired) electrons. The first kappa shape index (κ1) is 16.7. The molecule has 0 atom stereocenters. The average Bonchev–Trinajstić information content (AvgIpc) is 2.84. The molecule has 0 aromatic carbocycles. The van der Waals surface area contributed by atoms with Crippen LogP contribution in [-0.2, 0) is 20.5 Å². The van der Waals surface area contributed by atoms with Gasteiger partial charge in [-0.1, -0.05) is 0 Å². The van der Waals surface area contributed by atoms with Gasteiger partial charge in [-0.3, -0.25) is 23.8 Å². The van der Waals surface area contributed by atoms with Crippen LogP contribution in [0.4, 0.5) is 0 Å². The highest BCUT2D eigenvalue weighted by molar-refractivity contribution is 5.92. The van der Waals surface area contributed by atoms with E-state index in [1.54, 1.807) is 7.05 Å². The Morgan fingerprint density at radius 1 is 1.26 bits per heavy atom. The van der Waals surface area contributed by atoms with Gasteiger partial charge in [0.2, 0.25) is 0 Å². The smallest absolute Gasteiger partial charge is 0.331 e. The van der Waals surface area contributed by atoms with Crippen LogP contribution in [0.2, 0.25) is 0 Å². The third-order valence-corrected chi connectivity index (χ3v) is 4.07. The van der Waals surface area contributed by atoms with E-state index in [1.807, 2.05) is 13.8 Å². The summed E-state index contributed by atoms with van der Waals surface area (Å²) in [7, 11) is 4.51. The van der Waals surface area contributed by atoms with E-state index in [2.05, 4.69) is 10.2 Å². The predicted octanol–water partition coefficient (Wildman–Crippen LogP) is -0.261. The molecule has 0 saturated carbocycles. The number of carbonyl (C=O) groups excluding carboxylic acids is 1. The second kappa shape index (κ2) is 6.23. The molecular weight excluding hydrogens is 298 g/mol. The fourth-order valence-electron chi connectivity index (χ4n) is 2.46. The molecule has 0 fully saturated rings. The van der Waals surface area contributed by atoms with E-state index < -0.39 is 11.2 Å². The van der Waals surface area contributed by atoms with Gasteiger partial charge in [-0.2, -0.15) is 5.10 Å². The maximum absolute atomic E-state index is 12.5. The Kier molecular flexibility index (Phi) is 4.53. The van der Waals surface area contributed by atoms with Crippen molar-refractivity contribution < 1.29 is 4.79 Å². The molecule has 0 spiro atoms. The molecule has 1 N–H and O–H groups in total. The van der Waals surface area contributed by atoms with Crippen LogP contribution < -0.4 is 11.2 Å². The molecule has 8 heteroatoms. The van der Waals surface area contributed by atoms with Crippen LogP contribution in [0.1, 0.15) is 27.4 Å². The van der Waals surface area contributed by atoms with Crippen LogP contribution >= 0.6 is 0 Å². The molecule has 1 amide bonds. The number of aromatic nitrogens is 4. The van der Waals surface area contributed by atoms with E-state index in [1.165, 1.54) is 29.6 Å². The lowest BCUT2D eigenvalue weighted by Gasteiger charge is -2.19. The predicted molar refractivity (Wildman–Crippen MR) is 85.7 cm³/mol. The number of likely N-dealkylation sites (N-methyl/N-ethyl adjacent to an activating group) is 1. The molecule has 2 heterocycles. The largest absolute Gasteiger partial charge is 0.340 e. The average molecular weight is 319 g/mol. The zero-order chi connectivity index (χ0) is 17.3. The lowest BCUT2D eigenvalue weighted by molar-refractivity contribution is 0.0784. The number of nitrogens with zero attached hydrogens (tertiary/aromatic N) is 4. The molecule has 0 aliphatic rings. The van der Waals surface area contributed by atoms with Gasteiger partial charge < -0.3 is 4.90 Å². The first-order valence-corrected chi connectivity index (χ1v) is 7.27. The van der Waals surface area contributed by atoms with Crippen molar-refractivity contribution in [2.24, 2.45) is 14.1 Å². The highest BCUT2D eigenvalue weighted by Crippen LogP contribution is 2.11. The summed E-state index contributed by atoms with van der Waals surface area (Å²) in [5, 5.41) is 7.04. The van der Waals surface area contributed by atoms with Gasteiger partial charge in [0.05, 0.1) is 5.69 Å². The van der Waals surface area contributed by atoms with E-state index in [9.17, 15) is 14.4 Å². The van der Waals surface area contributed by atoms with E-state index in [0.717, 1.165) is 21.5 Å². The van der Waals surface area contributed by atoms with Crippen LogP contribution in [0.3, 0.4) is 0 Å². The quantitative estimate of drug-likeness (QED) is 0.840. The molecule has 0 bridgehead atoms. The molecule has 0 aliphatic heterocycles. The molecule has 23 heavy (non-hydrogen) atoms. The molecule has 0 unspecified atom stereocenters. The fourth-order valence-corrected chi connectivity index (χ4v) is 2.46. The van der Waals surface area contributed by atoms with Crippen molar-refractivity contribution in [3.05, 3.63) is 49.5 Å². The fraction of sp³-hybridized carbons (Fsp3) is 0.467. The van der Waals surface area contributed by atoms with Crippen molar-refractivity contribution in [3.63, 3.8) is 0 Å². The molecule has 2 aromatic heterocycles. The van der Waals surface area contributed by atoms with Gasteiger partial charge in [0.25, 0.3) is 11.5 Å². The summed E-state index contributed by atoms with van der Waals surface area (Å²) in [5.41, 5.74) is 2.03. The summed E-state index contributed by atoms with van der Waals surface area (Å²) in [4.78, 5) is 37.7. The summed E-state index contributed by atoms with van der Waals surface area (Å²) in [6.07, 6.45) is 0.648. The Labute approximate surface area is 133 Å². The molecule has 0 saturated heterocycles. The molecule has 2 aromatic rings. The molecule has 2 rings (SSSR count). The number of rotatable bonds is 4. The number of hydrogen-bond acceptors (Lipinski definition) is 4. The van der Waals surface area contributed by atoms with Crippen LogP contribution in [0, 0.1) is 13.8 Å². The maximum Gasteiger partial charge on any atom is 0.331 e. The van der Waals surface area contributed by atoms with Gasteiger partial charge >= 0.3 is 5.69 Å². The number of nitrogens with one attached hydrogen (secondary N) is 1. The number of carbonyl (C=O) groups is 1. The van der Waals surface area contributed by atoms with Crippen molar-refractivity contribution in [2.45, 2.75) is 20.3 Å². The summed E-state index contributed by atoms with van der Waals surface area (Å²) in [5.74, 6) is -0.360. The van der Waals surface area contributed by atoms with Crippen molar-refractivity contribution in [1.29, 1.82) is 0 Å². The Hall–Kier alpha value is -2.64. The Morgan fingerprint density at radius 3 is 2.48 bits per heavy atom. The van der Waals surface area contributed by atoms with Crippen LogP contribution in [-0.4, -0.2) is 43.7 Å². The number of aromatic amines is 1. The van der Waals surface area contributed by atoms with Gasteiger partial charge in [0.1, 0.15) is 5.69 Å². The third-order valence-electron chi connectivity index (χ3n) is 4.07. The van der Waals surface area contributed by atoms with Crippen LogP contribution in [0.15, 0.2) is 15.7 Å². The van der Waals surface area contributed by atoms with E-state index in [-0.39, 0.29) is 11.6 Å². The standard InChI is InChI=1S/C15H21N5O3/c1-9-11(10(2)17-16-9)6-7-18(3)14(22)12-8-13(21)20(5)15(23)19(12)4/h8H,6-7H2,1-5H3,(H,16,17). The minimum absolute atomic E-state index is 0.0845. The lowest BCUT2D eigenvalue weighted by atomic mass is 10.1. The first-order chi connectivity index (χ1) is 10.7. The highest BCUT2D eigenvalue weighted by Gasteiger charge is 2.18. The number of amides is 1. The van der Waals surface area contributed by atoms with Gasteiger partial charge in [0.15, 0.2) is 0 Å². The monoisotopic (exact) mass is 319 g/mol. The van der Waals surface area contributed by atoms with E-state index >= 15 is 0 Å². The van der Waals surface area contributed by atoms with Crippen molar-refractivity contribution in [3.8, 4) is 0 Å². The molecule has 124 valence electrons. The summed E-state index contributed by atoms with van der Waals surface area (Å²) < 4.78 is 2.16. The minimum Gasteiger partial charge on any atom is -0.340 e. The van der Waals surface area contributed by atoms with Gasteiger partial charge in [-0.25, -0.2) is 4.79 Å². The van der Waals surface area contributed by atoms with Gasteiger partial charge in [-0.15, -0.1) is 0 Å². The zero-order valence-corrected chi connectivity index (χ0v) is 14.0. The highest BCUT2D eigenvalue weighted by atomic mass is 16.2. The SMILES string of the molecule is Cc1n[nH]c(C)c1CCN(C)C(=O)c1cc(=O)n(C)c(=O)n1C. The van der Waals surface area contributed by atoms with Crippen molar-refractivity contribution in [1.82, 2.24) is 24.2 Å². The van der Waals surface area contributed by atoms with Crippen LogP contribution in [0.25, 0.3) is 0 Å².